The largest absolute Gasteiger partial charge is 0.456 e. The normalized spacial score (nSPS) is 10.1. The Labute approximate surface area is 128 Å². The molecule has 102 valence electrons. The number of carbonyl (C=O) groups excluding carboxylic acids is 1. The number of ether oxygens (including phenoxy) is 1. The second-order valence-corrected chi connectivity index (χ2v) is 5.19. The van der Waals surface area contributed by atoms with Crippen molar-refractivity contribution in [3.8, 4) is 11.5 Å². The summed E-state index contributed by atoms with van der Waals surface area (Å²) in [6.07, 6.45) is 0. The highest BCUT2D eigenvalue weighted by Crippen LogP contribution is 2.30. The summed E-state index contributed by atoms with van der Waals surface area (Å²) in [4.78, 5) is 21.8. The number of hydrogen-bond acceptors (Lipinski definition) is 4. The number of rotatable bonds is 4. The van der Waals surface area contributed by atoms with Crippen molar-refractivity contribution >= 4 is 34.1 Å². The highest BCUT2D eigenvalue weighted by Gasteiger charge is 2.18. The van der Waals surface area contributed by atoms with Crippen LogP contribution in [0.3, 0.4) is 0 Å². The average Bonchev–Trinajstić information content (AvgIpc) is 2.41. The van der Waals surface area contributed by atoms with Gasteiger partial charge in [0, 0.05) is 6.07 Å². The number of Topliss-reactive ketones (excluding diaryl/α,β-unsaturated/α-hetero) is 1. The topological polar surface area (TPSA) is 69.4 Å². The molecule has 0 saturated heterocycles. The Hall–Kier alpha value is -1.96. The third kappa shape index (κ3) is 3.13. The van der Waals surface area contributed by atoms with E-state index in [1.54, 1.807) is 6.07 Å². The van der Waals surface area contributed by atoms with Crippen LogP contribution in [-0.4, -0.2) is 10.7 Å². The summed E-state index contributed by atoms with van der Waals surface area (Å²) in [6.45, 7) is 1.29. The Morgan fingerprint density at radius 1 is 1.25 bits per heavy atom. The molecule has 0 unspecified atom stereocenters. The highest BCUT2D eigenvalue weighted by molar-refractivity contribution is 14.1. The van der Waals surface area contributed by atoms with Gasteiger partial charge >= 0.3 is 0 Å². The van der Waals surface area contributed by atoms with Gasteiger partial charge in [-0.2, -0.15) is 0 Å². The zero-order chi connectivity index (χ0) is 14.7. The zero-order valence-electron chi connectivity index (χ0n) is 10.5. The highest BCUT2D eigenvalue weighted by atomic mass is 127. The maximum atomic E-state index is 11.5. The number of hydrogen-bond donors (Lipinski definition) is 0. The van der Waals surface area contributed by atoms with Crippen LogP contribution < -0.4 is 4.74 Å². The minimum absolute atomic E-state index is 0.0402. The molecule has 0 aliphatic rings. The lowest BCUT2D eigenvalue weighted by atomic mass is 10.1. The molecule has 2 rings (SSSR count). The van der Waals surface area contributed by atoms with Gasteiger partial charge in [-0.05, 0) is 53.8 Å². The van der Waals surface area contributed by atoms with Crippen LogP contribution in [0.15, 0.2) is 42.5 Å². The van der Waals surface area contributed by atoms with Crippen LogP contribution in [-0.2, 0) is 0 Å². The Morgan fingerprint density at radius 3 is 2.55 bits per heavy atom. The molecule has 0 atom stereocenters. The van der Waals surface area contributed by atoms with Crippen LogP contribution in [0.25, 0.3) is 0 Å². The standard InChI is InChI=1S/C14H10INO4/c1-9(17)11-8-10(6-7-13(11)16(18)19)20-14-5-3-2-4-12(14)15/h2-8H,1H3. The molecule has 5 nitrogen and oxygen atoms in total. The van der Waals surface area contributed by atoms with E-state index in [-0.39, 0.29) is 17.0 Å². The molecule has 0 aliphatic carbocycles. The number of halogens is 1. The lowest BCUT2D eigenvalue weighted by molar-refractivity contribution is -0.385. The maximum Gasteiger partial charge on any atom is 0.280 e. The summed E-state index contributed by atoms with van der Waals surface area (Å²) in [5, 5.41) is 10.9. The first-order chi connectivity index (χ1) is 9.49. The molecule has 0 fully saturated rings. The summed E-state index contributed by atoms with van der Waals surface area (Å²) < 4.78 is 6.56. The fourth-order valence-electron chi connectivity index (χ4n) is 1.67. The van der Waals surface area contributed by atoms with Crippen molar-refractivity contribution in [3.63, 3.8) is 0 Å². The molecule has 0 bridgehead atoms. The van der Waals surface area contributed by atoms with E-state index in [0.29, 0.717) is 11.5 Å². The smallest absolute Gasteiger partial charge is 0.280 e. The second-order valence-electron chi connectivity index (χ2n) is 4.02. The first-order valence-corrected chi connectivity index (χ1v) is 6.78. The Morgan fingerprint density at radius 2 is 1.95 bits per heavy atom. The fourth-order valence-corrected chi connectivity index (χ4v) is 2.17. The molecule has 0 saturated carbocycles. The van der Waals surface area contributed by atoms with Gasteiger partial charge < -0.3 is 4.74 Å². The van der Waals surface area contributed by atoms with Gasteiger partial charge in [-0.3, -0.25) is 14.9 Å². The predicted octanol–water partition coefficient (Wildman–Crippen LogP) is 4.19. The minimum atomic E-state index is -0.577. The summed E-state index contributed by atoms with van der Waals surface area (Å²) in [5.74, 6) is 0.659. The Balaban J connectivity index is 2.40. The summed E-state index contributed by atoms with van der Waals surface area (Å²) in [6, 6.07) is 11.5. The van der Waals surface area contributed by atoms with Gasteiger partial charge in [0.2, 0.25) is 0 Å². The lowest BCUT2D eigenvalue weighted by Gasteiger charge is -2.08. The number of benzene rings is 2. The third-order valence-corrected chi connectivity index (χ3v) is 3.50. The van der Waals surface area contributed by atoms with E-state index in [4.69, 9.17) is 4.74 Å². The van der Waals surface area contributed by atoms with Crippen molar-refractivity contribution in [3.05, 3.63) is 61.7 Å². The van der Waals surface area contributed by atoms with E-state index in [1.165, 1.54) is 25.1 Å². The average molecular weight is 383 g/mol. The molecule has 0 radical (unpaired) electrons. The van der Waals surface area contributed by atoms with Gasteiger partial charge in [-0.25, -0.2) is 0 Å². The van der Waals surface area contributed by atoms with Crippen molar-refractivity contribution in [2.75, 3.05) is 0 Å². The molecule has 0 aliphatic heterocycles. The molecule has 0 spiro atoms. The van der Waals surface area contributed by atoms with Crippen LogP contribution in [0.4, 0.5) is 5.69 Å². The van der Waals surface area contributed by atoms with E-state index >= 15 is 0 Å². The SMILES string of the molecule is CC(=O)c1cc(Oc2ccccc2I)ccc1[N+](=O)[O-]. The monoisotopic (exact) mass is 383 g/mol. The van der Waals surface area contributed by atoms with Crippen molar-refractivity contribution in [1.82, 2.24) is 0 Å². The first-order valence-electron chi connectivity index (χ1n) is 5.71. The second kappa shape index (κ2) is 6.00. The number of ketones is 1. The fraction of sp³-hybridized carbons (Fsp3) is 0.0714. The molecule has 20 heavy (non-hydrogen) atoms. The van der Waals surface area contributed by atoms with Crippen LogP contribution in [0.5, 0.6) is 11.5 Å². The Kier molecular flexibility index (Phi) is 4.33. The van der Waals surface area contributed by atoms with E-state index in [0.717, 1.165) is 3.57 Å². The van der Waals surface area contributed by atoms with E-state index in [1.807, 2.05) is 18.2 Å². The molecular weight excluding hydrogens is 373 g/mol. The van der Waals surface area contributed by atoms with Crippen LogP contribution in [0, 0.1) is 13.7 Å². The molecule has 0 amide bonds. The number of carbonyl (C=O) groups is 1. The Bertz CT molecular complexity index is 685. The number of nitrogens with zero attached hydrogens (tertiary/aromatic N) is 1. The van der Waals surface area contributed by atoms with Crippen molar-refractivity contribution in [2.45, 2.75) is 6.92 Å². The van der Waals surface area contributed by atoms with Crippen LogP contribution in [0.2, 0.25) is 0 Å². The number of para-hydroxylation sites is 1. The van der Waals surface area contributed by atoms with Crippen molar-refractivity contribution in [2.24, 2.45) is 0 Å². The predicted molar refractivity (Wildman–Crippen MR) is 82.3 cm³/mol. The summed E-state index contributed by atoms with van der Waals surface area (Å²) >= 11 is 2.13. The molecule has 6 heteroatoms. The quantitative estimate of drug-likeness (QED) is 0.344. The molecule has 0 heterocycles. The minimum Gasteiger partial charge on any atom is -0.456 e. The van der Waals surface area contributed by atoms with E-state index < -0.39 is 4.92 Å². The first kappa shape index (κ1) is 14.4. The van der Waals surface area contributed by atoms with Crippen LogP contribution >= 0.6 is 22.6 Å². The number of nitro benzene ring substituents is 1. The molecule has 0 aromatic heterocycles. The van der Waals surface area contributed by atoms with Gasteiger partial charge in [0.15, 0.2) is 5.78 Å². The number of nitro groups is 1. The third-order valence-electron chi connectivity index (χ3n) is 2.61. The van der Waals surface area contributed by atoms with Gasteiger partial charge in [-0.1, -0.05) is 12.1 Å². The summed E-state index contributed by atoms with van der Waals surface area (Å²) in [5.41, 5.74) is -0.175. The molecular formula is C14H10INO4. The van der Waals surface area contributed by atoms with Crippen LogP contribution in [0.1, 0.15) is 17.3 Å². The van der Waals surface area contributed by atoms with E-state index in [9.17, 15) is 14.9 Å². The van der Waals surface area contributed by atoms with Crippen molar-refractivity contribution < 1.29 is 14.5 Å². The van der Waals surface area contributed by atoms with Gasteiger partial charge in [-0.15, -0.1) is 0 Å². The maximum absolute atomic E-state index is 11.5. The van der Waals surface area contributed by atoms with Gasteiger partial charge in [0.1, 0.15) is 11.5 Å². The lowest BCUT2D eigenvalue weighted by Crippen LogP contribution is -2.00. The molecule has 0 N–H and O–H groups in total. The van der Waals surface area contributed by atoms with E-state index in [2.05, 4.69) is 22.6 Å². The zero-order valence-corrected chi connectivity index (χ0v) is 12.7. The molecule has 2 aromatic rings. The van der Waals surface area contributed by atoms with Gasteiger partial charge in [0.25, 0.3) is 5.69 Å². The van der Waals surface area contributed by atoms with Gasteiger partial charge in [0.05, 0.1) is 14.1 Å². The molecule has 2 aromatic carbocycles. The van der Waals surface area contributed by atoms with Crippen molar-refractivity contribution in [1.29, 1.82) is 0 Å². The summed E-state index contributed by atoms with van der Waals surface area (Å²) in [7, 11) is 0.